The summed E-state index contributed by atoms with van der Waals surface area (Å²) in [5.74, 6) is 1.10. The van der Waals surface area contributed by atoms with Gasteiger partial charge in [-0.1, -0.05) is 25.1 Å². The van der Waals surface area contributed by atoms with Crippen molar-refractivity contribution in [3.8, 4) is 0 Å². The Kier molecular flexibility index (Phi) is 4.93. The molecule has 1 aliphatic heterocycles. The van der Waals surface area contributed by atoms with Crippen LogP contribution in [0.5, 0.6) is 0 Å². The van der Waals surface area contributed by atoms with Gasteiger partial charge in [0.05, 0.1) is 12.0 Å². The van der Waals surface area contributed by atoms with Crippen LogP contribution in [-0.4, -0.2) is 18.4 Å². The van der Waals surface area contributed by atoms with E-state index in [-0.39, 0.29) is 30.2 Å². The summed E-state index contributed by atoms with van der Waals surface area (Å²) in [6.07, 6.45) is 1.10. The Morgan fingerprint density at radius 2 is 2.08 bits per heavy atom. The molecule has 2 unspecified atom stereocenters. The number of nitrogens with zero attached hydrogens (tertiary/aromatic N) is 1. The van der Waals surface area contributed by atoms with Crippen LogP contribution in [0.3, 0.4) is 0 Å². The van der Waals surface area contributed by atoms with E-state index in [0.717, 1.165) is 29.2 Å². The summed E-state index contributed by atoms with van der Waals surface area (Å²) in [6.45, 7) is 6.25. The molecule has 1 N–H and O–H groups in total. The zero-order chi connectivity index (χ0) is 18.0. The van der Waals surface area contributed by atoms with E-state index in [9.17, 15) is 9.59 Å². The number of hydrogen-bond donors (Lipinski definition) is 1. The van der Waals surface area contributed by atoms with Crippen LogP contribution in [0, 0.1) is 12.8 Å². The van der Waals surface area contributed by atoms with Crippen molar-refractivity contribution < 1.29 is 14.0 Å². The molecule has 132 valence electrons. The maximum atomic E-state index is 12.6. The highest BCUT2D eigenvalue weighted by molar-refractivity contribution is 6.00. The van der Waals surface area contributed by atoms with E-state index in [1.54, 1.807) is 4.90 Å². The van der Waals surface area contributed by atoms with Crippen LogP contribution in [-0.2, 0) is 16.0 Å². The Hall–Kier alpha value is -2.56. The molecule has 0 radical (unpaired) electrons. The van der Waals surface area contributed by atoms with Gasteiger partial charge in [0.25, 0.3) is 0 Å². The number of amides is 2. The molecule has 0 aliphatic carbocycles. The van der Waals surface area contributed by atoms with Gasteiger partial charge in [-0.2, -0.15) is 0 Å². The van der Waals surface area contributed by atoms with Crippen LogP contribution in [0.2, 0.25) is 0 Å². The SMILES string of the molecule is CCc1ccccc1N1CC(C(=O)NC(C)c2ccc(C)o2)CC1=O. The molecule has 2 atom stereocenters. The van der Waals surface area contributed by atoms with Gasteiger partial charge in [-0.15, -0.1) is 0 Å². The van der Waals surface area contributed by atoms with Gasteiger partial charge in [-0.05, 0) is 44.0 Å². The predicted octanol–water partition coefficient (Wildman–Crippen LogP) is 3.38. The van der Waals surface area contributed by atoms with Gasteiger partial charge in [0.15, 0.2) is 0 Å². The molecular weight excluding hydrogens is 316 g/mol. The van der Waals surface area contributed by atoms with Crippen molar-refractivity contribution in [1.82, 2.24) is 5.32 Å². The number of anilines is 1. The van der Waals surface area contributed by atoms with E-state index in [0.29, 0.717) is 6.54 Å². The molecule has 0 spiro atoms. The van der Waals surface area contributed by atoms with Gasteiger partial charge in [0.1, 0.15) is 11.5 Å². The Morgan fingerprint density at radius 3 is 2.76 bits per heavy atom. The largest absolute Gasteiger partial charge is 0.464 e. The average Bonchev–Trinajstić information content (AvgIpc) is 3.20. The first-order valence-corrected chi connectivity index (χ1v) is 8.74. The Bertz CT molecular complexity index is 781. The van der Waals surface area contributed by atoms with Gasteiger partial charge in [0.2, 0.25) is 11.8 Å². The van der Waals surface area contributed by atoms with Crippen molar-refractivity contribution >= 4 is 17.5 Å². The number of para-hydroxylation sites is 1. The molecule has 3 rings (SSSR count). The fourth-order valence-corrected chi connectivity index (χ4v) is 3.28. The molecule has 1 fully saturated rings. The molecule has 5 nitrogen and oxygen atoms in total. The first-order valence-electron chi connectivity index (χ1n) is 8.74. The molecule has 5 heteroatoms. The highest BCUT2D eigenvalue weighted by atomic mass is 16.3. The van der Waals surface area contributed by atoms with E-state index in [1.165, 1.54) is 0 Å². The third kappa shape index (κ3) is 3.60. The molecule has 2 aromatic rings. The van der Waals surface area contributed by atoms with Crippen LogP contribution in [0.4, 0.5) is 5.69 Å². The fraction of sp³-hybridized carbons (Fsp3) is 0.400. The summed E-state index contributed by atoms with van der Waals surface area (Å²) >= 11 is 0. The van der Waals surface area contributed by atoms with Gasteiger partial charge in [0, 0.05) is 18.7 Å². The van der Waals surface area contributed by atoms with Crippen molar-refractivity contribution in [1.29, 1.82) is 0 Å². The molecule has 2 heterocycles. The number of hydrogen-bond acceptors (Lipinski definition) is 3. The summed E-state index contributed by atoms with van der Waals surface area (Å²) in [5, 5.41) is 2.96. The van der Waals surface area contributed by atoms with Crippen LogP contribution in [0.1, 0.15) is 43.4 Å². The smallest absolute Gasteiger partial charge is 0.227 e. The Labute approximate surface area is 148 Å². The van der Waals surface area contributed by atoms with Crippen molar-refractivity contribution in [2.45, 2.75) is 39.7 Å². The summed E-state index contributed by atoms with van der Waals surface area (Å²) < 4.78 is 5.56. The standard InChI is InChI=1S/C20H24N2O3/c1-4-15-7-5-6-8-17(15)22-12-16(11-19(22)23)20(24)21-14(3)18-10-9-13(2)25-18/h5-10,14,16H,4,11-12H2,1-3H3,(H,21,24). The van der Waals surface area contributed by atoms with Crippen LogP contribution in [0.25, 0.3) is 0 Å². The molecule has 1 aliphatic rings. The molecule has 25 heavy (non-hydrogen) atoms. The lowest BCUT2D eigenvalue weighted by atomic mass is 10.1. The lowest BCUT2D eigenvalue weighted by molar-refractivity contribution is -0.127. The second kappa shape index (κ2) is 7.13. The van der Waals surface area contributed by atoms with Gasteiger partial charge >= 0.3 is 0 Å². The lowest BCUT2D eigenvalue weighted by Gasteiger charge is -2.20. The number of carbonyl (C=O) groups is 2. The molecule has 0 saturated carbocycles. The zero-order valence-corrected chi connectivity index (χ0v) is 14.9. The summed E-state index contributed by atoms with van der Waals surface area (Å²) in [5.41, 5.74) is 2.04. The van der Waals surface area contributed by atoms with Crippen molar-refractivity contribution in [2.24, 2.45) is 5.92 Å². The Morgan fingerprint density at radius 1 is 1.32 bits per heavy atom. The third-order valence-electron chi connectivity index (χ3n) is 4.71. The molecule has 1 aromatic carbocycles. The van der Waals surface area contributed by atoms with Gasteiger partial charge < -0.3 is 14.6 Å². The van der Waals surface area contributed by atoms with Crippen molar-refractivity contribution in [2.75, 3.05) is 11.4 Å². The first-order chi connectivity index (χ1) is 12.0. The maximum absolute atomic E-state index is 12.6. The number of benzene rings is 1. The number of carbonyl (C=O) groups excluding carboxylic acids is 2. The maximum Gasteiger partial charge on any atom is 0.227 e. The summed E-state index contributed by atoms with van der Waals surface area (Å²) in [4.78, 5) is 26.8. The van der Waals surface area contributed by atoms with Gasteiger partial charge in [-0.3, -0.25) is 9.59 Å². The number of aryl methyl sites for hydroxylation is 2. The van der Waals surface area contributed by atoms with Crippen LogP contribution in [0.15, 0.2) is 40.8 Å². The quantitative estimate of drug-likeness (QED) is 0.907. The minimum atomic E-state index is -0.337. The van der Waals surface area contributed by atoms with E-state index >= 15 is 0 Å². The first kappa shape index (κ1) is 17.3. The highest BCUT2D eigenvalue weighted by Gasteiger charge is 2.36. The average molecular weight is 340 g/mol. The predicted molar refractivity (Wildman–Crippen MR) is 96.3 cm³/mol. The van der Waals surface area contributed by atoms with Crippen LogP contribution >= 0.6 is 0 Å². The van der Waals surface area contributed by atoms with Crippen molar-refractivity contribution in [3.63, 3.8) is 0 Å². The number of nitrogens with one attached hydrogen (secondary N) is 1. The van der Waals surface area contributed by atoms with E-state index in [4.69, 9.17) is 4.42 Å². The number of furan rings is 1. The second-order valence-corrected chi connectivity index (χ2v) is 6.57. The minimum absolute atomic E-state index is 0.00236. The normalized spacial score (nSPS) is 18.4. The van der Waals surface area contributed by atoms with E-state index in [2.05, 4.69) is 12.2 Å². The van der Waals surface area contributed by atoms with E-state index < -0.39 is 0 Å². The fourth-order valence-electron chi connectivity index (χ4n) is 3.28. The monoisotopic (exact) mass is 340 g/mol. The van der Waals surface area contributed by atoms with Gasteiger partial charge in [-0.25, -0.2) is 0 Å². The summed E-state index contributed by atoms with van der Waals surface area (Å²) in [7, 11) is 0. The molecule has 2 amide bonds. The third-order valence-corrected chi connectivity index (χ3v) is 4.71. The topological polar surface area (TPSA) is 62.6 Å². The van der Waals surface area contributed by atoms with Crippen molar-refractivity contribution in [3.05, 3.63) is 53.5 Å². The zero-order valence-electron chi connectivity index (χ0n) is 14.9. The molecule has 1 saturated heterocycles. The van der Waals surface area contributed by atoms with Crippen LogP contribution < -0.4 is 10.2 Å². The lowest BCUT2D eigenvalue weighted by Crippen LogP contribution is -2.34. The second-order valence-electron chi connectivity index (χ2n) is 6.57. The number of rotatable bonds is 5. The minimum Gasteiger partial charge on any atom is -0.464 e. The molecule has 1 aromatic heterocycles. The molecule has 0 bridgehead atoms. The highest BCUT2D eigenvalue weighted by Crippen LogP contribution is 2.29. The Balaban J connectivity index is 1.68. The van der Waals surface area contributed by atoms with E-state index in [1.807, 2.05) is 50.2 Å². The summed E-state index contributed by atoms with van der Waals surface area (Å²) in [6, 6.07) is 11.4. The molecular formula is C20H24N2O3.